The zero-order valence-electron chi connectivity index (χ0n) is 7.67. The normalized spacial score (nSPS) is 13.9. The van der Waals surface area contributed by atoms with Crippen LogP contribution in [0.15, 0.2) is 0 Å². The minimum Gasteiger partial charge on any atom is -0.735 e. The molecule has 0 amide bonds. The van der Waals surface area contributed by atoms with Crippen molar-refractivity contribution < 1.29 is 74.6 Å². The van der Waals surface area contributed by atoms with Gasteiger partial charge in [-0.3, -0.25) is 0 Å². The van der Waals surface area contributed by atoms with E-state index in [-0.39, 0.29) is 64.5 Å². The number of hydrogen-bond acceptors (Lipinski definition) is 5. The van der Waals surface area contributed by atoms with Crippen molar-refractivity contribution in [1.29, 1.82) is 0 Å². The summed E-state index contributed by atoms with van der Waals surface area (Å²) in [6, 6.07) is 0. The van der Waals surface area contributed by atoms with Crippen molar-refractivity contribution >= 4 is 10.3 Å². The number of rotatable bonds is 5. The molecule has 0 spiro atoms. The smallest absolute Gasteiger partial charge is 0.735 e. The van der Waals surface area contributed by atoms with Crippen LogP contribution in [0, 0.1) is 0 Å². The van der Waals surface area contributed by atoms with E-state index in [1.807, 2.05) is 0 Å². The third-order valence-electron chi connectivity index (χ3n) is 1.13. The summed E-state index contributed by atoms with van der Waals surface area (Å²) in [4.78, 5) is 0. The first-order chi connectivity index (χ1) is 5.38. The second-order valence-electron chi connectivity index (χ2n) is 2.39. The van der Waals surface area contributed by atoms with E-state index in [0.29, 0.717) is 4.31 Å². The van der Waals surface area contributed by atoms with Crippen LogP contribution in [0.2, 0.25) is 0 Å². The molecular formula is C5H12KNO5S. The Morgan fingerprint density at radius 3 is 2.23 bits per heavy atom. The number of nitrogens with zero attached hydrogens (tertiary/aromatic N) is 1. The molecule has 0 aliphatic rings. The molecule has 0 bridgehead atoms. The van der Waals surface area contributed by atoms with Crippen molar-refractivity contribution in [3.05, 3.63) is 0 Å². The van der Waals surface area contributed by atoms with E-state index < -0.39 is 23.0 Å². The molecule has 0 radical (unpaired) electrons. The van der Waals surface area contributed by atoms with Crippen LogP contribution in [0.1, 0.15) is 6.92 Å². The maximum absolute atomic E-state index is 10.4. The minimum atomic E-state index is -4.56. The van der Waals surface area contributed by atoms with E-state index in [4.69, 9.17) is 10.2 Å². The van der Waals surface area contributed by atoms with E-state index in [1.54, 1.807) is 0 Å². The fourth-order valence-corrected chi connectivity index (χ4v) is 1.40. The molecule has 0 aromatic carbocycles. The fraction of sp³-hybridized carbons (Fsp3) is 1.00. The average molecular weight is 237 g/mol. The van der Waals surface area contributed by atoms with Crippen molar-refractivity contribution in [2.45, 2.75) is 13.0 Å². The van der Waals surface area contributed by atoms with E-state index in [9.17, 15) is 13.0 Å². The van der Waals surface area contributed by atoms with Crippen LogP contribution in [0.25, 0.3) is 0 Å². The summed E-state index contributed by atoms with van der Waals surface area (Å²) in [5.41, 5.74) is 0. The van der Waals surface area contributed by atoms with E-state index in [1.165, 1.54) is 6.92 Å². The minimum absolute atomic E-state index is 0. The summed E-state index contributed by atoms with van der Waals surface area (Å²) >= 11 is 0. The van der Waals surface area contributed by atoms with Crippen molar-refractivity contribution in [3.63, 3.8) is 0 Å². The molecule has 0 rings (SSSR count). The predicted molar refractivity (Wildman–Crippen MR) is 40.0 cm³/mol. The van der Waals surface area contributed by atoms with Gasteiger partial charge in [0.25, 0.3) is 0 Å². The molecule has 0 aliphatic carbocycles. The fourth-order valence-electron chi connectivity index (χ4n) is 0.701. The van der Waals surface area contributed by atoms with Gasteiger partial charge in [0.15, 0.2) is 10.3 Å². The molecule has 13 heavy (non-hydrogen) atoms. The number of aliphatic hydroxyl groups is 2. The van der Waals surface area contributed by atoms with Gasteiger partial charge in [0.1, 0.15) is 0 Å². The number of hydrogen-bond donors (Lipinski definition) is 2. The first-order valence-electron chi connectivity index (χ1n) is 3.38. The summed E-state index contributed by atoms with van der Waals surface area (Å²) in [5.74, 6) is 0. The molecule has 0 aliphatic heterocycles. The average Bonchev–Trinajstić information content (AvgIpc) is 1.83. The Kier molecular flexibility index (Phi) is 9.95. The van der Waals surface area contributed by atoms with Crippen molar-refractivity contribution in [3.8, 4) is 0 Å². The SMILES string of the molecule is CC(O)CN(CCO)S(=O)(=O)[O-].[K+]. The van der Waals surface area contributed by atoms with E-state index >= 15 is 0 Å². The standard InChI is InChI=1S/C5H13NO5S.K/c1-5(8)4-6(2-3-7)12(9,10)11;/h5,7-8H,2-4H2,1H3,(H,9,10,11);/q;+1/p-1. The van der Waals surface area contributed by atoms with Gasteiger partial charge in [-0.15, -0.1) is 0 Å². The van der Waals surface area contributed by atoms with Gasteiger partial charge < -0.3 is 14.8 Å². The van der Waals surface area contributed by atoms with E-state index in [0.717, 1.165) is 0 Å². The monoisotopic (exact) mass is 237 g/mol. The van der Waals surface area contributed by atoms with Gasteiger partial charge in [0, 0.05) is 13.1 Å². The Hall–Kier alpha value is 1.43. The molecule has 0 heterocycles. The molecule has 2 N–H and O–H groups in total. The van der Waals surface area contributed by atoms with Crippen molar-refractivity contribution in [2.75, 3.05) is 19.7 Å². The van der Waals surface area contributed by atoms with Crippen molar-refractivity contribution in [1.82, 2.24) is 4.31 Å². The Bertz CT molecular complexity index is 217. The van der Waals surface area contributed by atoms with Crippen LogP contribution in [0.4, 0.5) is 0 Å². The Balaban J connectivity index is 0. The van der Waals surface area contributed by atoms with Crippen LogP contribution >= 0.6 is 0 Å². The molecule has 0 saturated carbocycles. The van der Waals surface area contributed by atoms with Gasteiger partial charge in [0.05, 0.1) is 12.7 Å². The molecule has 0 fully saturated rings. The zero-order valence-corrected chi connectivity index (χ0v) is 11.6. The molecule has 8 heteroatoms. The maximum atomic E-state index is 10.4. The Labute approximate surface area is 120 Å². The second-order valence-corrected chi connectivity index (χ2v) is 3.76. The molecule has 0 aromatic heterocycles. The third kappa shape index (κ3) is 8.42. The van der Waals surface area contributed by atoms with Gasteiger partial charge in [0.2, 0.25) is 0 Å². The molecule has 0 aromatic rings. The van der Waals surface area contributed by atoms with Gasteiger partial charge >= 0.3 is 51.4 Å². The molecule has 6 nitrogen and oxygen atoms in total. The summed E-state index contributed by atoms with van der Waals surface area (Å²) in [5, 5.41) is 17.2. The number of aliphatic hydroxyl groups excluding tert-OH is 2. The first kappa shape index (κ1) is 16.8. The molecule has 0 saturated heterocycles. The van der Waals surface area contributed by atoms with Gasteiger partial charge in [-0.1, -0.05) is 0 Å². The molecule has 1 unspecified atom stereocenters. The van der Waals surface area contributed by atoms with E-state index in [2.05, 4.69) is 0 Å². The predicted octanol–water partition coefficient (Wildman–Crippen LogP) is -4.87. The summed E-state index contributed by atoms with van der Waals surface area (Å²) in [6.45, 7) is 0.354. The van der Waals surface area contributed by atoms with Crippen molar-refractivity contribution in [2.24, 2.45) is 0 Å². The van der Waals surface area contributed by atoms with Crippen LogP contribution in [-0.2, 0) is 10.3 Å². The largest absolute Gasteiger partial charge is 1.00 e. The summed E-state index contributed by atoms with van der Waals surface area (Å²) in [7, 11) is -4.56. The quantitative estimate of drug-likeness (QED) is 0.369. The zero-order chi connectivity index (χ0) is 9.78. The Morgan fingerprint density at radius 1 is 1.54 bits per heavy atom. The Morgan fingerprint density at radius 2 is 2.00 bits per heavy atom. The third-order valence-corrected chi connectivity index (χ3v) is 2.10. The topological polar surface area (TPSA) is 101 Å². The first-order valence-corrected chi connectivity index (χ1v) is 4.74. The van der Waals surface area contributed by atoms with Gasteiger partial charge in [-0.05, 0) is 6.92 Å². The van der Waals surface area contributed by atoms with Crippen LogP contribution in [0.3, 0.4) is 0 Å². The van der Waals surface area contributed by atoms with Crippen LogP contribution in [0.5, 0.6) is 0 Å². The van der Waals surface area contributed by atoms with Crippen LogP contribution in [-0.4, -0.2) is 53.3 Å². The molecule has 74 valence electrons. The maximum Gasteiger partial charge on any atom is 1.00 e. The summed E-state index contributed by atoms with van der Waals surface area (Å²) in [6.07, 6.45) is -0.916. The second kappa shape index (κ2) is 7.68. The molecular weight excluding hydrogens is 225 g/mol. The summed E-state index contributed by atoms with van der Waals surface area (Å²) < 4.78 is 31.7. The van der Waals surface area contributed by atoms with Crippen LogP contribution < -0.4 is 51.4 Å². The molecule has 1 atom stereocenters. The van der Waals surface area contributed by atoms with Gasteiger partial charge in [-0.2, -0.15) is 0 Å². The van der Waals surface area contributed by atoms with Gasteiger partial charge in [-0.25, -0.2) is 12.7 Å².